The molecule has 0 aromatic heterocycles. The number of hydrogen-bond acceptors (Lipinski definition) is 1. The van der Waals surface area contributed by atoms with Crippen LogP contribution in [-0.4, -0.2) is 23.9 Å². The quantitative estimate of drug-likeness (QED) is 0.674. The molecule has 0 unspecified atom stereocenters. The summed E-state index contributed by atoms with van der Waals surface area (Å²) < 4.78 is 0.965. The fraction of sp³-hybridized carbons (Fsp3) is 0.364. The van der Waals surface area contributed by atoms with Crippen LogP contribution in [0, 0.1) is 0 Å². The Bertz CT molecular complexity index is 395. The fourth-order valence-electron chi connectivity index (χ4n) is 1.52. The van der Waals surface area contributed by atoms with Gasteiger partial charge in [0.25, 0.3) is 0 Å². The minimum absolute atomic E-state index is 0.571. The zero-order chi connectivity index (χ0) is 11.5. The highest BCUT2D eigenvalue weighted by atomic mass is 79.9. The molecule has 86 valence electrons. The molecule has 1 aliphatic rings. The lowest BCUT2D eigenvalue weighted by molar-refractivity contribution is 0.295. The lowest BCUT2D eigenvalue weighted by Crippen LogP contribution is -2.46. The highest BCUT2D eigenvalue weighted by Gasteiger charge is 2.15. The molecular weight excluding hydrogens is 289 g/mol. The second-order valence-corrected chi connectivity index (χ2v) is 5.14. The second kappa shape index (κ2) is 5.06. The van der Waals surface area contributed by atoms with Crippen molar-refractivity contribution in [2.45, 2.75) is 13.0 Å². The summed E-state index contributed by atoms with van der Waals surface area (Å²) in [6.07, 6.45) is 1.21. The van der Waals surface area contributed by atoms with Crippen LogP contribution in [0.25, 0.3) is 0 Å². The van der Waals surface area contributed by atoms with Crippen LogP contribution in [0.3, 0.4) is 0 Å². The molecule has 3 nitrogen and oxygen atoms in total. The van der Waals surface area contributed by atoms with Crippen molar-refractivity contribution in [2.75, 3.05) is 13.1 Å². The molecule has 0 amide bonds. The Kier molecular flexibility index (Phi) is 3.71. The smallest absolute Gasteiger partial charge is 0.191 e. The largest absolute Gasteiger partial charge is 0.370 e. The van der Waals surface area contributed by atoms with Gasteiger partial charge < -0.3 is 10.6 Å². The van der Waals surface area contributed by atoms with Gasteiger partial charge in [-0.25, -0.2) is 4.99 Å². The standard InChI is InChI=1S/C11H13BrClN3/c12-9-4-8(5-10(13)6-9)7-15-11(14)16-2-1-3-16/h4-6H,1-3,7H2,(H2,14,15). The van der Waals surface area contributed by atoms with Crippen LogP contribution in [-0.2, 0) is 6.54 Å². The van der Waals surface area contributed by atoms with E-state index in [1.165, 1.54) is 6.42 Å². The monoisotopic (exact) mass is 301 g/mol. The van der Waals surface area contributed by atoms with E-state index in [0.29, 0.717) is 17.5 Å². The lowest BCUT2D eigenvalue weighted by atomic mass is 10.2. The van der Waals surface area contributed by atoms with Crippen molar-refractivity contribution in [1.82, 2.24) is 4.90 Å². The van der Waals surface area contributed by atoms with Gasteiger partial charge in [-0.1, -0.05) is 27.5 Å². The molecule has 1 fully saturated rings. The SMILES string of the molecule is NC(=NCc1cc(Cl)cc(Br)c1)N1CCC1. The molecule has 2 N–H and O–H groups in total. The number of nitrogens with two attached hydrogens (primary N) is 1. The van der Waals surface area contributed by atoms with E-state index >= 15 is 0 Å². The third kappa shape index (κ3) is 2.89. The summed E-state index contributed by atoms with van der Waals surface area (Å²) in [6, 6.07) is 5.76. The van der Waals surface area contributed by atoms with Crippen molar-refractivity contribution in [3.8, 4) is 0 Å². The molecule has 1 heterocycles. The predicted octanol–water partition coefficient (Wildman–Crippen LogP) is 2.62. The van der Waals surface area contributed by atoms with Crippen LogP contribution in [0.15, 0.2) is 27.7 Å². The van der Waals surface area contributed by atoms with Crippen LogP contribution >= 0.6 is 27.5 Å². The van der Waals surface area contributed by atoms with Gasteiger partial charge in [-0.15, -0.1) is 0 Å². The summed E-state index contributed by atoms with van der Waals surface area (Å²) in [5.41, 5.74) is 6.89. The first-order chi connectivity index (χ1) is 7.65. The number of hydrogen-bond donors (Lipinski definition) is 1. The maximum atomic E-state index is 5.95. The summed E-state index contributed by atoms with van der Waals surface area (Å²) in [7, 11) is 0. The number of rotatable bonds is 2. The third-order valence-electron chi connectivity index (χ3n) is 2.53. The Hall–Kier alpha value is -0.740. The topological polar surface area (TPSA) is 41.6 Å². The average molecular weight is 303 g/mol. The van der Waals surface area contributed by atoms with Gasteiger partial charge in [0.15, 0.2) is 5.96 Å². The fourth-order valence-corrected chi connectivity index (χ4v) is 2.45. The zero-order valence-electron chi connectivity index (χ0n) is 8.79. The van der Waals surface area contributed by atoms with Crippen molar-refractivity contribution >= 4 is 33.5 Å². The van der Waals surface area contributed by atoms with Crippen molar-refractivity contribution in [3.63, 3.8) is 0 Å². The zero-order valence-corrected chi connectivity index (χ0v) is 11.1. The molecule has 0 saturated carbocycles. The Morgan fingerprint density at radius 2 is 2.19 bits per heavy atom. The molecule has 16 heavy (non-hydrogen) atoms. The van der Waals surface area contributed by atoms with Gasteiger partial charge in [0, 0.05) is 22.6 Å². The third-order valence-corrected chi connectivity index (χ3v) is 3.20. The van der Waals surface area contributed by atoms with Gasteiger partial charge >= 0.3 is 0 Å². The number of halogens is 2. The number of aliphatic imine (C=N–C) groups is 1. The van der Waals surface area contributed by atoms with E-state index in [9.17, 15) is 0 Å². The van der Waals surface area contributed by atoms with Gasteiger partial charge in [-0.2, -0.15) is 0 Å². The molecule has 0 bridgehead atoms. The second-order valence-electron chi connectivity index (χ2n) is 3.79. The van der Waals surface area contributed by atoms with E-state index in [-0.39, 0.29) is 0 Å². The van der Waals surface area contributed by atoms with Crippen molar-refractivity contribution in [1.29, 1.82) is 0 Å². The molecule has 0 radical (unpaired) electrons. The molecular formula is C11H13BrClN3. The van der Waals surface area contributed by atoms with Gasteiger partial charge in [0.05, 0.1) is 6.54 Å². The molecule has 0 atom stereocenters. The normalized spacial score (nSPS) is 16.1. The number of benzene rings is 1. The van der Waals surface area contributed by atoms with E-state index in [2.05, 4.69) is 25.8 Å². The summed E-state index contributed by atoms with van der Waals surface area (Å²) in [5, 5.41) is 0.710. The van der Waals surface area contributed by atoms with E-state index in [1.807, 2.05) is 18.2 Å². The molecule has 0 spiro atoms. The van der Waals surface area contributed by atoms with Gasteiger partial charge in [-0.3, -0.25) is 0 Å². The Balaban J connectivity index is 2.03. The van der Waals surface area contributed by atoms with E-state index < -0.39 is 0 Å². The highest BCUT2D eigenvalue weighted by Crippen LogP contribution is 2.20. The number of nitrogens with zero attached hydrogens (tertiary/aromatic N) is 2. The number of likely N-dealkylation sites (tertiary alicyclic amines) is 1. The van der Waals surface area contributed by atoms with Gasteiger partial charge in [0.1, 0.15) is 0 Å². The van der Waals surface area contributed by atoms with Crippen LogP contribution < -0.4 is 5.73 Å². The molecule has 1 aromatic carbocycles. The van der Waals surface area contributed by atoms with Crippen molar-refractivity contribution < 1.29 is 0 Å². The van der Waals surface area contributed by atoms with E-state index in [1.54, 1.807) is 0 Å². The van der Waals surface area contributed by atoms with Crippen LogP contribution in [0.2, 0.25) is 5.02 Å². The minimum Gasteiger partial charge on any atom is -0.370 e. The van der Waals surface area contributed by atoms with Gasteiger partial charge in [-0.05, 0) is 30.2 Å². The van der Waals surface area contributed by atoms with E-state index in [0.717, 1.165) is 23.1 Å². The summed E-state index contributed by atoms with van der Waals surface area (Å²) in [4.78, 5) is 6.41. The molecule has 1 saturated heterocycles. The Morgan fingerprint density at radius 3 is 2.75 bits per heavy atom. The lowest BCUT2D eigenvalue weighted by Gasteiger charge is -2.31. The summed E-state index contributed by atoms with van der Waals surface area (Å²) >= 11 is 9.35. The van der Waals surface area contributed by atoms with Crippen molar-refractivity contribution in [2.24, 2.45) is 10.7 Å². The first kappa shape index (κ1) is 11.7. The van der Waals surface area contributed by atoms with Crippen molar-refractivity contribution in [3.05, 3.63) is 33.3 Å². The Labute approximate surface area is 108 Å². The summed E-state index contributed by atoms with van der Waals surface area (Å²) in [6.45, 7) is 2.62. The first-order valence-corrected chi connectivity index (χ1v) is 6.32. The predicted molar refractivity (Wildman–Crippen MR) is 70.7 cm³/mol. The summed E-state index contributed by atoms with van der Waals surface area (Å²) in [5.74, 6) is 0.627. The molecule has 2 rings (SSSR count). The van der Waals surface area contributed by atoms with Crippen LogP contribution in [0.5, 0.6) is 0 Å². The highest BCUT2D eigenvalue weighted by molar-refractivity contribution is 9.10. The van der Waals surface area contributed by atoms with Gasteiger partial charge in [0.2, 0.25) is 0 Å². The molecule has 5 heteroatoms. The molecule has 0 aliphatic carbocycles. The molecule has 1 aromatic rings. The maximum Gasteiger partial charge on any atom is 0.191 e. The molecule has 1 aliphatic heterocycles. The first-order valence-electron chi connectivity index (χ1n) is 5.15. The van der Waals surface area contributed by atoms with Crippen LogP contribution in [0.4, 0.5) is 0 Å². The van der Waals surface area contributed by atoms with Crippen LogP contribution in [0.1, 0.15) is 12.0 Å². The Morgan fingerprint density at radius 1 is 1.44 bits per heavy atom. The number of guanidine groups is 1. The minimum atomic E-state index is 0.571. The van der Waals surface area contributed by atoms with E-state index in [4.69, 9.17) is 17.3 Å². The average Bonchev–Trinajstić information content (AvgIpc) is 2.10. The maximum absolute atomic E-state index is 5.95.